The molecule has 0 radical (unpaired) electrons. The maximum Gasteiger partial charge on any atom is 0.412 e. The Hall–Kier alpha value is -1.42. The Bertz CT molecular complexity index is 377. The SMILES string of the molecule is CCOC(=O)NC(=S)c1cccc(C)c1. The van der Waals surface area contributed by atoms with E-state index in [-0.39, 0.29) is 0 Å². The third-order valence-corrected chi connectivity index (χ3v) is 2.11. The third-order valence-electron chi connectivity index (χ3n) is 1.77. The van der Waals surface area contributed by atoms with Gasteiger partial charge in [-0.05, 0) is 19.9 Å². The van der Waals surface area contributed by atoms with Crippen molar-refractivity contribution in [2.45, 2.75) is 13.8 Å². The first-order valence-electron chi connectivity index (χ1n) is 4.68. The largest absolute Gasteiger partial charge is 0.450 e. The van der Waals surface area contributed by atoms with Crippen molar-refractivity contribution in [3.63, 3.8) is 0 Å². The molecule has 0 saturated carbocycles. The number of alkyl carbamates (subject to hydrolysis) is 1. The maximum atomic E-state index is 11.1. The minimum Gasteiger partial charge on any atom is -0.450 e. The molecule has 1 rings (SSSR count). The van der Waals surface area contributed by atoms with Crippen LogP contribution in [0.15, 0.2) is 24.3 Å². The van der Waals surface area contributed by atoms with Crippen molar-refractivity contribution >= 4 is 23.3 Å². The molecular weight excluding hydrogens is 210 g/mol. The molecule has 0 aromatic heterocycles. The summed E-state index contributed by atoms with van der Waals surface area (Å²) in [5.74, 6) is 0. The molecule has 0 aliphatic heterocycles. The lowest BCUT2D eigenvalue weighted by atomic mass is 10.1. The first-order chi connectivity index (χ1) is 7.13. The highest BCUT2D eigenvalue weighted by atomic mass is 32.1. The maximum absolute atomic E-state index is 11.1. The first-order valence-corrected chi connectivity index (χ1v) is 5.09. The van der Waals surface area contributed by atoms with Crippen LogP contribution in [0.2, 0.25) is 0 Å². The summed E-state index contributed by atoms with van der Waals surface area (Å²) in [4.78, 5) is 11.5. The number of hydrogen-bond donors (Lipinski definition) is 1. The van der Waals surface area contributed by atoms with Crippen LogP contribution in [-0.4, -0.2) is 17.7 Å². The number of carbonyl (C=O) groups excluding carboxylic acids is 1. The monoisotopic (exact) mass is 223 g/mol. The molecule has 0 heterocycles. The van der Waals surface area contributed by atoms with Crippen molar-refractivity contribution in [2.24, 2.45) is 0 Å². The smallest absolute Gasteiger partial charge is 0.412 e. The number of carbonyl (C=O) groups is 1. The van der Waals surface area contributed by atoms with Crippen LogP contribution in [0.4, 0.5) is 4.79 Å². The standard InChI is InChI=1S/C11H13NO2S/c1-3-14-11(13)12-10(15)9-6-4-5-8(2)7-9/h4-7H,3H2,1-2H3,(H,12,13,15). The quantitative estimate of drug-likeness (QED) is 0.782. The molecule has 1 N–H and O–H groups in total. The molecule has 4 heteroatoms. The highest BCUT2D eigenvalue weighted by Crippen LogP contribution is 2.04. The lowest BCUT2D eigenvalue weighted by Crippen LogP contribution is -2.30. The van der Waals surface area contributed by atoms with Gasteiger partial charge in [-0.25, -0.2) is 4.79 Å². The van der Waals surface area contributed by atoms with Gasteiger partial charge in [0.2, 0.25) is 0 Å². The van der Waals surface area contributed by atoms with E-state index in [9.17, 15) is 4.79 Å². The summed E-state index contributed by atoms with van der Waals surface area (Å²) in [5.41, 5.74) is 1.92. The van der Waals surface area contributed by atoms with Crippen molar-refractivity contribution in [3.05, 3.63) is 35.4 Å². The summed E-state index contributed by atoms with van der Waals surface area (Å²) in [6.45, 7) is 4.05. The molecule has 0 unspecified atom stereocenters. The third kappa shape index (κ3) is 3.67. The van der Waals surface area contributed by atoms with Crippen LogP contribution in [-0.2, 0) is 4.74 Å². The van der Waals surface area contributed by atoms with Gasteiger partial charge in [-0.3, -0.25) is 5.32 Å². The van der Waals surface area contributed by atoms with Gasteiger partial charge in [-0.2, -0.15) is 0 Å². The molecule has 0 aliphatic rings. The minimum atomic E-state index is -0.510. The Morgan fingerprint density at radius 2 is 2.27 bits per heavy atom. The number of amides is 1. The molecule has 0 fully saturated rings. The number of ether oxygens (including phenoxy) is 1. The van der Waals surface area contributed by atoms with Crippen molar-refractivity contribution in [1.29, 1.82) is 0 Å². The van der Waals surface area contributed by atoms with E-state index < -0.39 is 6.09 Å². The number of hydrogen-bond acceptors (Lipinski definition) is 3. The zero-order chi connectivity index (χ0) is 11.3. The van der Waals surface area contributed by atoms with Gasteiger partial charge in [0.05, 0.1) is 6.61 Å². The molecule has 15 heavy (non-hydrogen) atoms. The van der Waals surface area contributed by atoms with Crippen LogP contribution in [0.1, 0.15) is 18.1 Å². The molecule has 1 amide bonds. The van der Waals surface area contributed by atoms with Crippen LogP contribution in [0.25, 0.3) is 0 Å². The van der Waals surface area contributed by atoms with Gasteiger partial charge in [-0.15, -0.1) is 0 Å². The average Bonchev–Trinajstić information content (AvgIpc) is 2.18. The molecule has 1 aromatic carbocycles. The van der Waals surface area contributed by atoms with Crippen LogP contribution in [0.5, 0.6) is 0 Å². The van der Waals surface area contributed by atoms with Gasteiger partial charge < -0.3 is 4.74 Å². The molecule has 0 saturated heterocycles. The topological polar surface area (TPSA) is 38.3 Å². The Morgan fingerprint density at radius 1 is 1.53 bits per heavy atom. The summed E-state index contributed by atoms with van der Waals surface area (Å²) in [6, 6.07) is 7.62. The highest BCUT2D eigenvalue weighted by molar-refractivity contribution is 7.80. The summed E-state index contributed by atoms with van der Waals surface area (Å²) in [5, 5.41) is 2.49. The van der Waals surface area contributed by atoms with E-state index in [2.05, 4.69) is 5.32 Å². The van der Waals surface area contributed by atoms with Gasteiger partial charge in [0.15, 0.2) is 0 Å². The number of rotatable bonds is 2. The Labute approximate surface area is 94.4 Å². The van der Waals surface area contributed by atoms with Gasteiger partial charge in [0.25, 0.3) is 0 Å². The van der Waals surface area contributed by atoms with E-state index in [1.807, 2.05) is 31.2 Å². The fourth-order valence-corrected chi connectivity index (χ4v) is 1.33. The summed E-state index contributed by atoms with van der Waals surface area (Å²) < 4.78 is 4.73. The second kappa shape index (κ2) is 5.46. The Kier molecular flexibility index (Phi) is 4.24. The molecule has 80 valence electrons. The van der Waals surface area contributed by atoms with E-state index in [1.165, 1.54) is 0 Å². The van der Waals surface area contributed by atoms with Gasteiger partial charge in [0, 0.05) is 5.56 Å². The summed E-state index contributed by atoms with van der Waals surface area (Å²) in [6.07, 6.45) is -0.510. The second-order valence-electron chi connectivity index (χ2n) is 3.04. The zero-order valence-electron chi connectivity index (χ0n) is 8.74. The second-order valence-corrected chi connectivity index (χ2v) is 3.45. The molecule has 0 spiro atoms. The molecule has 1 aromatic rings. The van der Waals surface area contributed by atoms with Gasteiger partial charge in [-0.1, -0.05) is 36.0 Å². The van der Waals surface area contributed by atoms with Crippen LogP contribution in [0, 0.1) is 6.92 Å². The minimum absolute atomic E-state index is 0.336. The Balaban J connectivity index is 2.65. The van der Waals surface area contributed by atoms with Crippen molar-refractivity contribution in [1.82, 2.24) is 5.32 Å². The van der Waals surface area contributed by atoms with E-state index >= 15 is 0 Å². The molecule has 3 nitrogen and oxygen atoms in total. The Morgan fingerprint density at radius 3 is 2.87 bits per heavy atom. The molecule has 0 atom stereocenters. The number of aryl methyl sites for hydroxylation is 1. The van der Waals surface area contributed by atoms with E-state index in [0.29, 0.717) is 11.6 Å². The lowest BCUT2D eigenvalue weighted by Gasteiger charge is -2.06. The number of benzene rings is 1. The number of nitrogens with one attached hydrogen (secondary N) is 1. The van der Waals surface area contributed by atoms with Crippen LogP contribution < -0.4 is 5.32 Å². The van der Waals surface area contributed by atoms with E-state index in [4.69, 9.17) is 17.0 Å². The molecule has 0 bridgehead atoms. The van der Waals surface area contributed by atoms with Crippen molar-refractivity contribution in [3.8, 4) is 0 Å². The molecular formula is C11H13NO2S. The fourth-order valence-electron chi connectivity index (χ4n) is 1.12. The van der Waals surface area contributed by atoms with Crippen molar-refractivity contribution in [2.75, 3.05) is 6.61 Å². The summed E-state index contributed by atoms with van der Waals surface area (Å²) >= 11 is 5.06. The van der Waals surface area contributed by atoms with E-state index in [1.54, 1.807) is 6.92 Å². The van der Waals surface area contributed by atoms with Gasteiger partial charge in [0.1, 0.15) is 4.99 Å². The van der Waals surface area contributed by atoms with Crippen molar-refractivity contribution < 1.29 is 9.53 Å². The predicted molar refractivity (Wildman–Crippen MR) is 63.0 cm³/mol. The summed E-state index contributed by atoms with van der Waals surface area (Å²) in [7, 11) is 0. The zero-order valence-corrected chi connectivity index (χ0v) is 9.56. The first kappa shape index (κ1) is 11.7. The predicted octanol–water partition coefficient (Wildman–Crippen LogP) is 2.42. The normalized spacial score (nSPS) is 9.47. The van der Waals surface area contributed by atoms with Gasteiger partial charge >= 0.3 is 6.09 Å². The fraction of sp³-hybridized carbons (Fsp3) is 0.273. The highest BCUT2D eigenvalue weighted by Gasteiger charge is 2.06. The van der Waals surface area contributed by atoms with E-state index in [0.717, 1.165) is 11.1 Å². The number of thiocarbonyl (C=S) groups is 1. The average molecular weight is 223 g/mol. The van der Waals surface area contributed by atoms with Crippen LogP contribution in [0.3, 0.4) is 0 Å². The molecule has 0 aliphatic carbocycles. The van der Waals surface area contributed by atoms with Crippen LogP contribution >= 0.6 is 12.2 Å². The lowest BCUT2D eigenvalue weighted by molar-refractivity contribution is 0.158.